The van der Waals surface area contributed by atoms with Crippen LogP contribution >= 0.6 is 0 Å². The van der Waals surface area contributed by atoms with Crippen molar-refractivity contribution in [3.05, 3.63) is 242 Å². The van der Waals surface area contributed by atoms with Crippen LogP contribution in [0.2, 0.25) is 0 Å². The average molecular weight is 759 g/mol. The summed E-state index contributed by atoms with van der Waals surface area (Å²) in [5.41, 5.74) is 7.49. The summed E-state index contributed by atoms with van der Waals surface area (Å²) in [4.78, 5) is 0. The van der Waals surface area contributed by atoms with Crippen molar-refractivity contribution < 1.29 is 33.2 Å². The number of hydrogen-bond donors (Lipinski definition) is 0. The van der Waals surface area contributed by atoms with Crippen LogP contribution < -0.4 is 11.6 Å². The molecule has 0 fully saturated rings. The molecule has 6 aromatic rings. The Morgan fingerprint density at radius 1 is 0.358 bits per heavy atom. The summed E-state index contributed by atoms with van der Waals surface area (Å²) in [6.07, 6.45) is 11.6. The van der Waals surface area contributed by atoms with Crippen molar-refractivity contribution in [1.82, 2.24) is 0 Å². The molecular formula is C51H50Ti2. The summed E-state index contributed by atoms with van der Waals surface area (Å²) in [5.74, 6) is 0. The van der Waals surface area contributed by atoms with E-state index in [0.29, 0.717) is 0 Å². The van der Waals surface area contributed by atoms with E-state index in [-0.39, 0.29) is 0 Å². The molecule has 0 amide bonds. The summed E-state index contributed by atoms with van der Waals surface area (Å²) in [6, 6.07) is 67.2. The van der Waals surface area contributed by atoms with E-state index in [0.717, 1.165) is 12.8 Å². The standard InChI is InChI=1S/3C7H7.2C6H7.3C6H5.2Ti/c3*1-7-5-3-2-4-6-7;2*1-6-4-2-3-5-6;3*1-2-4-6-5-3-1;;/h3*2-6H,1H2;2*2,4H,3H2,1H3;3*1-5H;;. The minimum absolute atomic E-state index is 1.07. The Bertz CT molecular complexity index is 1980. The Labute approximate surface area is 325 Å². The molecule has 0 saturated carbocycles. The molecule has 0 nitrogen and oxygen atoms in total. The molecule has 0 saturated heterocycles. The van der Waals surface area contributed by atoms with Crippen molar-refractivity contribution in [2.75, 3.05) is 0 Å². The van der Waals surface area contributed by atoms with Crippen LogP contribution in [-0.2, 0) is 47.4 Å². The molecule has 0 radical (unpaired) electrons. The maximum absolute atomic E-state index is 2.93. The van der Waals surface area contributed by atoms with Gasteiger partial charge in [-0.1, -0.05) is 0 Å². The van der Waals surface area contributed by atoms with Crippen molar-refractivity contribution in [3.8, 4) is 0 Å². The molecule has 262 valence electrons. The van der Waals surface area contributed by atoms with Gasteiger partial charge >= 0.3 is 328 Å². The Morgan fingerprint density at radius 2 is 0.642 bits per heavy atom. The van der Waals surface area contributed by atoms with Crippen molar-refractivity contribution in [2.24, 2.45) is 0 Å². The summed E-state index contributed by atoms with van der Waals surface area (Å²) in [6.45, 7) is 4.62. The summed E-state index contributed by atoms with van der Waals surface area (Å²) < 4.78 is 11.7. The Balaban J connectivity index is 0.000000165. The van der Waals surface area contributed by atoms with Gasteiger partial charge in [-0.3, -0.25) is 0 Å². The van der Waals surface area contributed by atoms with Crippen LogP contribution in [-0.4, -0.2) is 0 Å². The molecule has 0 N–H and O–H groups in total. The molecule has 0 atom stereocenters. The fourth-order valence-corrected chi connectivity index (χ4v) is 25.7. The van der Waals surface area contributed by atoms with Crippen LogP contribution in [0.1, 0.15) is 43.4 Å². The molecule has 0 unspecified atom stereocenters. The second-order valence-corrected chi connectivity index (χ2v) is 27.2. The number of hydrogen-bond acceptors (Lipinski definition) is 0. The van der Waals surface area contributed by atoms with Gasteiger partial charge in [0.2, 0.25) is 0 Å². The molecule has 0 bridgehead atoms. The van der Waals surface area contributed by atoms with E-state index in [1.54, 1.807) is 7.76 Å². The maximum atomic E-state index is 2.38. The molecule has 0 heterocycles. The quantitative estimate of drug-likeness (QED) is 0.115. The van der Waals surface area contributed by atoms with Gasteiger partial charge in [0.15, 0.2) is 0 Å². The van der Waals surface area contributed by atoms with Gasteiger partial charge in [-0.15, -0.1) is 0 Å². The number of allylic oxidation sites excluding steroid dienone is 8. The van der Waals surface area contributed by atoms with Gasteiger partial charge in [0.1, 0.15) is 0 Å². The van der Waals surface area contributed by atoms with E-state index < -0.39 is 33.2 Å². The van der Waals surface area contributed by atoms with Gasteiger partial charge in [-0.05, 0) is 0 Å². The predicted molar refractivity (Wildman–Crippen MR) is 222 cm³/mol. The number of benzene rings is 6. The summed E-state index contributed by atoms with van der Waals surface area (Å²) >= 11 is -5.43. The third-order valence-electron chi connectivity index (χ3n) is 11.2. The fraction of sp³-hybridized carbons (Fsp3) is 0.137. The second-order valence-electron chi connectivity index (χ2n) is 14.7. The first-order chi connectivity index (χ1) is 26.1. The molecule has 53 heavy (non-hydrogen) atoms. The van der Waals surface area contributed by atoms with Crippen LogP contribution in [0.5, 0.6) is 0 Å². The van der Waals surface area contributed by atoms with Gasteiger partial charge in [-0.2, -0.15) is 0 Å². The molecular weight excluding hydrogens is 708 g/mol. The molecule has 2 heteroatoms. The average Bonchev–Trinajstić information content (AvgIpc) is 3.86. The molecule has 0 spiro atoms. The Kier molecular flexibility index (Phi) is 12.4. The van der Waals surface area contributed by atoms with E-state index in [4.69, 9.17) is 0 Å². The zero-order valence-electron chi connectivity index (χ0n) is 31.2. The molecule has 2 aliphatic carbocycles. The van der Waals surface area contributed by atoms with E-state index in [9.17, 15) is 0 Å². The first-order valence-corrected chi connectivity index (χ1v) is 26.3. The minimum atomic E-state index is -2.93. The van der Waals surface area contributed by atoms with Crippen LogP contribution in [0.25, 0.3) is 0 Å². The van der Waals surface area contributed by atoms with E-state index in [2.05, 4.69) is 220 Å². The first kappa shape index (κ1) is 37.0. The van der Waals surface area contributed by atoms with Crippen molar-refractivity contribution >= 4 is 11.6 Å². The predicted octanol–water partition coefficient (Wildman–Crippen LogP) is 11.3. The van der Waals surface area contributed by atoms with E-state index >= 15 is 0 Å². The van der Waals surface area contributed by atoms with Crippen LogP contribution in [0.3, 0.4) is 0 Å². The van der Waals surface area contributed by atoms with Gasteiger partial charge in [-0.25, -0.2) is 0 Å². The van der Waals surface area contributed by atoms with Gasteiger partial charge in [0.05, 0.1) is 0 Å². The van der Waals surface area contributed by atoms with Crippen molar-refractivity contribution in [1.29, 1.82) is 0 Å². The zero-order chi connectivity index (χ0) is 36.4. The zero-order valence-corrected chi connectivity index (χ0v) is 34.3. The molecule has 0 aromatic heterocycles. The normalized spacial score (nSPS) is 14.0. The van der Waals surface area contributed by atoms with Crippen LogP contribution in [0.4, 0.5) is 0 Å². The summed E-state index contributed by atoms with van der Waals surface area (Å²) in [7, 11) is 0. The van der Waals surface area contributed by atoms with E-state index in [1.807, 2.05) is 0 Å². The van der Waals surface area contributed by atoms with Gasteiger partial charge < -0.3 is 0 Å². The topological polar surface area (TPSA) is 0 Å². The van der Waals surface area contributed by atoms with E-state index in [1.165, 1.54) is 53.6 Å². The number of rotatable bonds is 11. The monoisotopic (exact) mass is 758 g/mol. The molecule has 2 aliphatic rings. The third kappa shape index (κ3) is 8.43. The fourth-order valence-electron chi connectivity index (χ4n) is 8.87. The summed E-state index contributed by atoms with van der Waals surface area (Å²) in [5, 5.41) is 0. The van der Waals surface area contributed by atoms with Crippen LogP contribution in [0, 0.1) is 0 Å². The molecule has 8 rings (SSSR count). The molecule has 0 aliphatic heterocycles. The second kappa shape index (κ2) is 17.7. The Morgan fingerprint density at radius 3 is 0.925 bits per heavy atom. The molecule has 6 aromatic carbocycles. The van der Waals surface area contributed by atoms with Crippen LogP contribution in [0.15, 0.2) is 225 Å². The first-order valence-electron chi connectivity index (χ1n) is 19.1. The van der Waals surface area contributed by atoms with Crippen molar-refractivity contribution in [3.63, 3.8) is 0 Å². The SMILES string of the molecule is CC1=[C]([Ti]([CH2]c2ccccc2)([CH2]c2ccccc2)[CH2]c2ccccc2)CC=C1.CC1=[C]([Ti]([c]2ccccc2)([c]2ccccc2)[c]2ccccc2)CC=C1. The Hall–Kier alpha value is -4.29. The van der Waals surface area contributed by atoms with Crippen molar-refractivity contribution in [2.45, 2.75) is 40.9 Å². The third-order valence-corrected chi connectivity index (χ3v) is 27.2. The van der Waals surface area contributed by atoms with Gasteiger partial charge in [0, 0.05) is 0 Å². The van der Waals surface area contributed by atoms with Gasteiger partial charge in [0.25, 0.3) is 0 Å².